The third-order valence-corrected chi connectivity index (χ3v) is 3.80. The van der Waals surface area contributed by atoms with Crippen LogP contribution >= 0.6 is 0 Å². The summed E-state index contributed by atoms with van der Waals surface area (Å²) in [5.41, 5.74) is 2.33. The largest absolute Gasteiger partial charge is 0.496 e. The summed E-state index contributed by atoms with van der Waals surface area (Å²) in [6.07, 6.45) is 0.734. The molecule has 138 valence electrons. The summed E-state index contributed by atoms with van der Waals surface area (Å²) >= 11 is 0. The van der Waals surface area contributed by atoms with Crippen LogP contribution in [-0.4, -0.2) is 24.5 Å². The van der Waals surface area contributed by atoms with E-state index in [-0.39, 0.29) is 24.7 Å². The highest BCUT2D eigenvalue weighted by Gasteiger charge is 2.12. The van der Waals surface area contributed by atoms with Gasteiger partial charge >= 0.3 is 5.97 Å². The van der Waals surface area contributed by atoms with Crippen LogP contribution in [0.25, 0.3) is 0 Å². The average molecular weight is 358 g/mol. The topological polar surface area (TPSA) is 90.7 Å². The van der Waals surface area contributed by atoms with Gasteiger partial charge in [-0.2, -0.15) is 0 Å². The predicted octanol–water partition coefficient (Wildman–Crippen LogP) is 3.85. The first kappa shape index (κ1) is 19.2. The maximum atomic E-state index is 11.9. The number of nitrogens with one attached hydrogen (secondary N) is 1. The van der Waals surface area contributed by atoms with Crippen LogP contribution in [-0.2, 0) is 16.1 Å². The first-order valence-corrected chi connectivity index (χ1v) is 8.27. The normalized spacial score (nSPS) is 10.2. The summed E-state index contributed by atoms with van der Waals surface area (Å²) in [7, 11) is 1.57. The van der Waals surface area contributed by atoms with Gasteiger partial charge in [0.2, 0.25) is 0 Å². The lowest BCUT2D eigenvalue weighted by atomic mass is 10.1. The Morgan fingerprint density at radius 3 is 2.73 bits per heavy atom. The number of nitrogens with zero attached hydrogens (tertiary/aromatic N) is 1. The smallest absolute Gasteiger partial charge is 0.306 e. The Balaban J connectivity index is 1.76. The molecule has 0 spiro atoms. The van der Waals surface area contributed by atoms with Crippen LogP contribution < -0.4 is 10.1 Å². The molecule has 0 atom stereocenters. The Morgan fingerprint density at radius 1 is 1.23 bits per heavy atom. The van der Waals surface area contributed by atoms with Gasteiger partial charge in [-0.1, -0.05) is 23.8 Å². The number of nitro benzene ring substituents is 1. The Labute approximate surface area is 152 Å². The molecule has 26 heavy (non-hydrogen) atoms. The number of carbonyl (C=O) groups excluding carboxylic acids is 1. The molecular formula is C19H22N2O5. The molecule has 2 aromatic carbocycles. The Bertz CT molecular complexity index is 776. The standard InChI is InChI=1S/C19H22N2O5/c1-14-9-10-18(25-2)15(12-14)13-26-19(22)8-5-11-20-16-6-3-4-7-17(16)21(23)24/h3-4,6-7,9-10,12,20H,5,8,11,13H2,1-2H3. The second-order valence-corrected chi connectivity index (χ2v) is 5.78. The van der Waals surface area contributed by atoms with Gasteiger partial charge in [0.15, 0.2) is 0 Å². The Morgan fingerprint density at radius 2 is 2.00 bits per heavy atom. The summed E-state index contributed by atoms with van der Waals surface area (Å²) in [5, 5.41) is 13.9. The minimum atomic E-state index is -0.439. The third-order valence-electron chi connectivity index (χ3n) is 3.80. The molecule has 2 aromatic rings. The van der Waals surface area contributed by atoms with Crippen LogP contribution in [0.15, 0.2) is 42.5 Å². The maximum Gasteiger partial charge on any atom is 0.306 e. The van der Waals surface area contributed by atoms with Crippen molar-refractivity contribution in [3.63, 3.8) is 0 Å². The van der Waals surface area contributed by atoms with Crippen molar-refractivity contribution in [2.75, 3.05) is 19.0 Å². The highest BCUT2D eigenvalue weighted by atomic mass is 16.6. The lowest BCUT2D eigenvalue weighted by Gasteiger charge is -2.10. The van der Waals surface area contributed by atoms with Crippen LogP contribution in [0.2, 0.25) is 0 Å². The lowest BCUT2D eigenvalue weighted by molar-refractivity contribution is -0.384. The highest BCUT2D eigenvalue weighted by Crippen LogP contribution is 2.23. The summed E-state index contributed by atoms with van der Waals surface area (Å²) in [6, 6.07) is 12.1. The number of esters is 1. The molecule has 0 bridgehead atoms. The quantitative estimate of drug-likeness (QED) is 0.317. The summed E-state index contributed by atoms with van der Waals surface area (Å²) in [6.45, 7) is 2.55. The van der Waals surface area contributed by atoms with Gasteiger partial charge in [-0.25, -0.2) is 0 Å². The van der Waals surface area contributed by atoms with Gasteiger partial charge < -0.3 is 14.8 Å². The second-order valence-electron chi connectivity index (χ2n) is 5.78. The fraction of sp³-hybridized carbons (Fsp3) is 0.316. The van der Waals surface area contributed by atoms with Crippen molar-refractivity contribution in [3.8, 4) is 5.75 Å². The van der Waals surface area contributed by atoms with Crippen molar-refractivity contribution in [1.29, 1.82) is 0 Å². The summed E-state index contributed by atoms with van der Waals surface area (Å²) in [5.74, 6) is 0.361. The van der Waals surface area contributed by atoms with Crippen LogP contribution in [0.1, 0.15) is 24.0 Å². The van der Waals surface area contributed by atoms with Gasteiger partial charge in [0, 0.05) is 24.6 Å². The van der Waals surface area contributed by atoms with E-state index in [1.807, 2.05) is 25.1 Å². The van der Waals surface area contributed by atoms with E-state index in [9.17, 15) is 14.9 Å². The number of para-hydroxylation sites is 2. The number of nitro groups is 1. The van der Waals surface area contributed by atoms with Gasteiger partial charge in [-0.3, -0.25) is 14.9 Å². The molecule has 2 rings (SSSR count). The van der Waals surface area contributed by atoms with Crippen LogP contribution in [0.3, 0.4) is 0 Å². The molecule has 0 aliphatic carbocycles. The maximum absolute atomic E-state index is 11.9. The molecule has 1 N–H and O–H groups in total. The number of carbonyl (C=O) groups is 1. The molecule has 0 aromatic heterocycles. The van der Waals surface area contributed by atoms with Crippen LogP contribution in [0.5, 0.6) is 5.75 Å². The SMILES string of the molecule is COc1ccc(C)cc1COC(=O)CCCNc1ccccc1[N+](=O)[O-]. The van der Waals surface area contributed by atoms with Gasteiger partial charge in [0.1, 0.15) is 18.0 Å². The first-order chi connectivity index (χ1) is 12.5. The van der Waals surface area contributed by atoms with E-state index < -0.39 is 4.92 Å². The van der Waals surface area contributed by atoms with Gasteiger partial charge in [-0.05, 0) is 31.5 Å². The summed E-state index contributed by atoms with van der Waals surface area (Å²) in [4.78, 5) is 22.4. The zero-order valence-corrected chi connectivity index (χ0v) is 14.9. The van der Waals surface area contributed by atoms with Crippen molar-refractivity contribution < 1.29 is 19.2 Å². The molecule has 0 saturated heterocycles. The number of ether oxygens (including phenoxy) is 2. The predicted molar refractivity (Wildman–Crippen MR) is 98.3 cm³/mol. The fourth-order valence-electron chi connectivity index (χ4n) is 2.49. The molecule has 0 aliphatic heterocycles. The Kier molecular flexibility index (Phi) is 6.96. The number of methoxy groups -OCH3 is 1. The number of hydrogen-bond acceptors (Lipinski definition) is 6. The Hall–Kier alpha value is -3.09. The van der Waals surface area contributed by atoms with Crippen LogP contribution in [0.4, 0.5) is 11.4 Å². The molecule has 0 amide bonds. The van der Waals surface area contributed by atoms with Gasteiger partial charge in [-0.15, -0.1) is 0 Å². The molecule has 0 radical (unpaired) electrons. The van der Waals surface area contributed by atoms with E-state index in [0.29, 0.717) is 24.4 Å². The van der Waals surface area contributed by atoms with Crippen molar-refractivity contribution in [1.82, 2.24) is 0 Å². The van der Waals surface area contributed by atoms with E-state index in [2.05, 4.69) is 5.32 Å². The molecule has 7 heteroatoms. The minimum absolute atomic E-state index is 0.0154. The number of aryl methyl sites for hydroxylation is 1. The molecule has 7 nitrogen and oxygen atoms in total. The van der Waals surface area contributed by atoms with Crippen molar-refractivity contribution in [2.24, 2.45) is 0 Å². The van der Waals surface area contributed by atoms with Gasteiger partial charge in [0.25, 0.3) is 5.69 Å². The van der Waals surface area contributed by atoms with Crippen molar-refractivity contribution in [2.45, 2.75) is 26.4 Å². The lowest BCUT2D eigenvalue weighted by Crippen LogP contribution is -2.09. The zero-order valence-electron chi connectivity index (χ0n) is 14.9. The molecule has 0 heterocycles. The molecular weight excluding hydrogens is 336 g/mol. The van der Waals surface area contributed by atoms with E-state index >= 15 is 0 Å². The third kappa shape index (κ3) is 5.47. The number of anilines is 1. The van der Waals surface area contributed by atoms with E-state index in [0.717, 1.165) is 11.1 Å². The average Bonchev–Trinajstić information content (AvgIpc) is 2.64. The zero-order chi connectivity index (χ0) is 18.9. The minimum Gasteiger partial charge on any atom is -0.496 e. The molecule has 0 unspecified atom stereocenters. The van der Waals surface area contributed by atoms with E-state index in [1.165, 1.54) is 6.07 Å². The number of rotatable bonds is 9. The highest BCUT2D eigenvalue weighted by molar-refractivity contribution is 5.69. The van der Waals surface area contributed by atoms with E-state index in [1.54, 1.807) is 25.3 Å². The monoisotopic (exact) mass is 358 g/mol. The number of benzene rings is 2. The summed E-state index contributed by atoms with van der Waals surface area (Å²) < 4.78 is 10.5. The first-order valence-electron chi connectivity index (χ1n) is 8.27. The molecule has 0 saturated carbocycles. The molecule has 0 aliphatic rings. The number of hydrogen-bond donors (Lipinski definition) is 1. The molecule has 0 fully saturated rings. The van der Waals surface area contributed by atoms with E-state index in [4.69, 9.17) is 9.47 Å². The van der Waals surface area contributed by atoms with Crippen LogP contribution in [0, 0.1) is 17.0 Å². The van der Waals surface area contributed by atoms with Crippen molar-refractivity contribution >= 4 is 17.3 Å². The van der Waals surface area contributed by atoms with Crippen molar-refractivity contribution in [3.05, 3.63) is 63.7 Å². The second kappa shape index (κ2) is 9.41. The fourth-order valence-corrected chi connectivity index (χ4v) is 2.49. The van der Waals surface area contributed by atoms with Gasteiger partial charge in [0.05, 0.1) is 12.0 Å².